The Morgan fingerprint density at radius 3 is 3.00 bits per heavy atom. The molecule has 8 heteroatoms. The Bertz CT molecular complexity index is 918. The lowest BCUT2D eigenvalue weighted by Crippen LogP contribution is -2.14. The predicted molar refractivity (Wildman–Crippen MR) is 94.8 cm³/mol. The number of H-pyrrole nitrogens is 1. The van der Waals surface area contributed by atoms with Gasteiger partial charge in [0.2, 0.25) is 0 Å². The molecule has 23 heavy (non-hydrogen) atoms. The summed E-state index contributed by atoms with van der Waals surface area (Å²) in [5.41, 5.74) is 1.21. The van der Waals surface area contributed by atoms with Crippen LogP contribution in [-0.4, -0.2) is 31.3 Å². The van der Waals surface area contributed by atoms with Crippen molar-refractivity contribution in [2.24, 2.45) is 0 Å². The van der Waals surface area contributed by atoms with E-state index in [9.17, 15) is 0 Å². The fourth-order valence-corrected chi connectivity index (χ4v) is 4.00. The number of rotatable bonds is 5. The molecule has 1 aliphatic rings. The monoisotopic (exact) mass is 346 g/mol. The van der Waals surface area contributed by atoms with Gasteiger partial charge in [-0.05, 0) is 49.9 Å². The van der Waals surface area contributed by atoms with Crippen LogP contribution in [0.25, 0.3) is 10.2 Å². The van der Waals surface area contributed by atoms with Gasteiger partial charge in [-0.1, -0.05) is 0 Å². The SMILES string of the molecule is Cc1nc(NCCn2c(C3CC3)n[nH]c2=S)c2c(C)csc2n1. The lowest BCUT2D eigenvalue weighted by Gasteiger charge is -2.10. The van der Waals surface area contributed by atoms with Gasteiger partial charge in [0, 0.05) is 19.0 Å². The van der Waals surface area contributed by atoms with Crippen molar-refractivity contribution >= 4 is 39.6 Å². The highest BCUT2D eigenvalue weighted by atomic mass is 32.1. The summed E-state index contributed by atoms with van der Waals surface area (Å²) in [6.07, 6.45) is 2.43. The van der Waals surface area contributed by atoms with Crippen LogP contribution in [0.15, 0.2) is 5.38 Å². The van der Waals surface area contributed by atoms with Crippen LogP contribution in [-0.2, 0) is 6.54 Å². The van der Waals surface area contributed by atoms with Crippen molar-refractivity contribution in [1.29, 1.82) is 0 Å². The fourth-order valence-electron chi connectivity index (χ4n) is 2.80. The van der Waals surface area contributed by atoms with Crippen molar-refractivity contribution in [1.82, 2.24) is 24.7 Å². The zero-order chi connectivity index (χ0) is 16.0. The number of aromatic nitrogens is 5. The molecule has 0 saturated heterocycles. The number of nitrogens with zero attached hydrogens (tertiary/aromatic N) is 4. The zero-order valence-electron chi connectivity index (χ0n) is 13.1. The molecule has 2 N–H and O–H groups in total. The first-order chi connectivity index (χ1) is 11.1. The molecule has 0 aliphatic heterocycles. The highest BCUT2D eigenvalue weighted by molar-refractivity contribution is 7.71. The van der Waals surface area contributed by atoms with Gasteiger partial charge in [0.15, 0.2) is 4.77 Å². The molecule has 0 unspecified atom stereocenters. The molecule has 3 aromatic rings. The molecular weight excluding hydrogens is 328 g/mol. The van der Waals surface area contributed by atoms with Crippen LogP contribution in [0.1, 0.15) is 36.0 Å². The summed E-state index contributed by atoms with van der Waals surface area (Å²) in [4.78, 5) is 10.1. The molecule has 120 valence electrons. The lowest BCUT2D eigenvalue weighted by atomic mass is 10.2. The zero-order valence-corrected chi connectivity index (χ0v) is 14.7. The highest BCUT2D eigenvalue weighted by Gasteiger charge is 2.28. The van der Waals surface area contributed by atoms with E-state index < -0.39 is 0 Å². The molecule has 6 nitrogen and oxygen atoms in total. The molecular formula is C15H18N6S2. The molecule has 1 fully saturated rings. The maximum absolute atomic E-state index is 5.35. The van der Waals surface area contributed by atoms with Gasteiger partial charge in [-0.15, -0.1) is 11.3 Å². The van der Waals surface area contributed by atoms with Gasteiger partial charge in [0.25, 0.3) is 0 Å². The Balaban J connectivity index is 1.55. The van der Waals surface area contributed by atoms with Gasteiger partial charge in [-0.25, -0.2) is 9.97 Å². The van der Waals surface area contributed by atoms with Gasteiger partial charge in [-0.3, -0.25) is 5.10 Å². The lowest BCUT2D eigenvalue weighted by molar-refractivity contribution is 0.668. The average molecular weight is 346 g/mol. The van der Waals surface area contributed by atoms with E-state index in [1.54, 1.807) is 11.3 Å². The van der Waals surface area contributed by atoms with Crippen LogP contribution >= 0.6 is 23.6 Å². The molecule has 4 rings (SSSR count). The number of hydrogen-bond donors (Lipinski definition) is 2. The minimum atomic E-state index is 0.579. The quantitative estimate of drug-likeness (QED) is 0.691. The van der Waals surface area contributed by atoms with Crippen molar-refractivity contribution in [2.45, 2.75) is 39.2 Å². The Labute approximate surface area is 143 Å². The van der Waals surface area contributed by atoms with E-state index in [1.807, 2.05) is 6.92 Å². The Morgan fingerprint density at radius 2 is 2.22 bits per heavy atom. The third kappa shape index (κ3) is 2.76. The smallest absolute Gasteiger partial charge is 0.195 e. The van der Waals surface area contributed by atoms with Gasteiger partial charge >= 0.3 is 0 Å². The van der Waals surface area contributed by atoms with Gasteiger partial charge in [0.05, 0.1) is 5.39 Å². The number of thiophene rings is 1. The summed E-state index contributed by atoms with van der Waals surface area (Å²) in [5.74, 6) is 3.37. The molecule has 0 radical (unpaired) electrons. The molecule has 0 bridgehead atoms. The number of fused-ring (bicyclic) bond motifs is 1. The third-order valence-electron chi connectivity index (χ3n) is 4.09. The standard InChI is InChI=1S/C15H18N6S2/c1-8-7-23-14-11(8)12(17-9(2)18-14)16-5-6-21-13(10-3-4-10)19-20-15(21)22/h7,10H,3-6H2,1-2H3,(H,20,22)(H,16,17,18). The second-order valence-corrected chi connectivity index (χ2v) is 7.20. The highest BCUT2D eigenvalue weighted by Crippen LogP contribution is 2.38. The van der Waals surface area contributed by atoms with Crippen molar-refractivity contribution in [3.05, 3.63) is 27.4 Å². The van der Waals surface area contributed by atoms with E-state index >= 15 is 0 Å². The largest absolute Gasteiger partial charge is 0.368 e. The van der Waals surface area contributed by atoms with Crippen LogP contribution in [0, 0.1) is 18.6 Å². The number of aromatic amines is 1. The molecule has 0 amide bonds. The van der Waals surface area contributed by atoms with E-state index in [0.717, 1.165) is 40.8 Å². The normalized spacial score (nSPS) is 14.5. The maximum Gasteiger partial charge on any atom is 0.195 e. The minimum absolute atomic E-state index is 0.579. The van der Waals surface area contributed by atoms with Gasteiger partial charge in [-0.2, -0.15) is 5.10 Å². The van der Waals surface area contributed by atoms with Gasteiger partial charge in [0.1, 0.15) is 22.3 Å². The summed E-state index contributed by atoms with van der Waals surface area (Å²) in [6.45, 7) is 5.57. The van der Waals surface area contributed by atoms with Gasteiger partial charge < -0.3 is 9.88 Å². The first-order valence-electron chi connectivity index (χ1n) is 7.75. The van der Waals surface area contributed by atoms with E-state index in [1.165, 1.54) is 18.4 Å². The fraction of sp³-hybridized carbons (Fsp3) is 0.467. The molecule has 3 aromatic heterocycles. The summed E-state index contributed by atoms with van der Waals surface area (Å²) in [6, 6.07) is 0. The maximum atomic E-state index is 5.35. The second kappa shape index (κ2) is 5.68. The Hall–Kier alpha value is -1.80. The topological polar surface area (TPSA) is 71.4 Å². The number of nitrogens with one attached hydrogen (secondary N) is 2. The van der Waals surface area contributed by atoms with Crippen molar-refractivity contribution in [3.63, 3.8) is 0 Å². The number of aryl methyl sites for hydroxylation is 2. The molecule has 3 heterocycles. The van der Waals surface area contributed by atoms with E-state index in [2.05, 4.69) is 42.4 Å². The molecule has 1 saturated carbocycles. The third-order valence-corrected chi connectivity index (χ3v) is 5.39. The molecule has 0 spiro atoms. The number of hydrogen-bond acceptors (Lipinski definition) is 6. The van der Waals surface area contributed by atoms with E-state index in [4.69, 9.17) is 12.2 Å². The van der Waals surface area contributed by atoms with Crippen LogP contribution in [0.3, 0.4) is 0 Å². The molecule has 0 atom stereocenters. The van der Waals surface area contributed by atoms with E-state index in [0.29, 0.717) is 10.7 Å². The summed E-state index contributed by atoms with van der Waals surface area (Å²) < 4.78 is 2.80. The summed E-state index contributed by atoms with van der Waals surface area (Å²) >= 11 is 7.01. The van der Waals surface area contributed by atoms with E-state index in [-0.39, 0.29) is 0 Å². The molecule has 0 aromatic carbocycles. The van der Waals surface area contributed by atoms with Crippen LogP contribution in [0.5, 0.6) is 0 Å². The van der Waals surface area contributed by atoms with Crippen LogP contribution in [0.4, 0.5) is 5.82 Å². The summed E-state index contributed by atoms with van der Waals surface area (Å²) in [7, 11) is 0. The summed E-state index contributed by atoms with van der Waals surface area (Å²) in [5, 5.41) is 14.0. The molecule has 1 aliphatic carbocycles. The van der Waals surface area contributed by atoms with Crippen molar-refractivity contribution < 1.29 is 0 Å². The first-order valence-corrected chi connectivity index (χ1v) is 9.03. The Morgan fingerprint density at radius 1 is 1.39 bits per heavy atom. The Kier molecular flexibility index (Phi) is 3.65. The first kappa shape index (κ1) is 14.8. The van der Waals surface area contributed by atoms with Crippen LogP contribution < -0.4 is 5.32 Å². The van der Waals surface area contributed by atoms with Crippen molar-refractivity contribution in [3.8, 4) is 0 Å². The average Bonchev–Trinajstić information content (AvgIpc) is 3.20. The van der Waals surface area contributed by atoms with Crippen molar-refractivity contribution in [2.75, 3.05) is 11.9 Å². The van der Waals surface area contributed by atoms with Crippen LogP contribution in [0.2, 0.25) is 0 Å². The second-order valence-electron chi connectivity index (χ2n) is 5.96. The minimum Gasteiger partial charge on any atom is -0.368 e. The predicted octanol–water partition coefficient (Wildman–Crippen LogP) is 3.55. The number of anilines is 1.